The number of nitrogens with one attached hydrogen (secondary N) is 5. The molecular weight excluding hydrogens is 1210 g/mol. The molecule has 2 aliphatic rings. The van der Waals surface area contributed by atoms with Gasteiger partial charge in [-0.3, -0.25) is 68.0 Å². The number of rotatable bonds is 38. The van der Waals surface area contributed by atoms with Crippen molar-refractivity contribution in [1.29, 1.82) is 0 Å². The highest BCUT2D eigenvalue weighted by atomic mass is 16.6. The van der Waals surface area contributed by atoms with Crippen LogP contribution in [0.15, 0.2) is 66.7 Å². The van der Waals surface area contributed by atoms with Crippen LogP contribution in [0, 0.1) is 29.6 Å². The highest BCUT2D eigenvalue weighted by molar-refractivity contribution is 6.12. The number of likely N-dealkylation sites (N-methyl/N-ethyl adjacent to an activating group) is 2. The Balaban J connectivity index is 1.38. The number of primary amides is 1. The number of methoxy groups -OCH3 is 2. The number of carbonyl (C=O) groups excluding carboxylic acids is 11. The first-order valence-electron chi connectivity index (χ1n) is 32.8. The summed E-state index contributed by atoms with van der Waals surface area (Å²) in [7, 11) is 6.21. The number of aliphatic hydroxyl groups is 1. The fraction of sp³-hybridized carbons (Fsp3) is 0.632. The third kappa shape index (κ3) is 22.5. The molecule has 0 aliphatic carbocycles. The van der Waals surface area contributed by atoms with Gasteiger partial charge in [-0.1, -0.05) is 118 Å². The van der Waals surface area contributed by atoms with E-state index in [-0.39, 0.29) is 74.3 Å². The van der Waals surface area contributed by atoms with E-state index in [1.165, 1.54) is 33.4 Å². The number of unbranched alkanes of at least 4 members (excludes halogenated alkanes) is 2. The van der Waals surface area contributed by atoms with Crippen LogP contribution >= 0.6 is 0 Å². The molecule has 94 heavy (non-hydrogen) atoms. The Morgan fingerprint density at radius 2 is 1.34 bits per heavy atom. The maximum absolute atomic E-state index is 14.5. The summed E-state index contributed by atoms with van der Waals surface area (Å²) in [5, 5.41) is 24.7. The molecule has 13 atom stereocenters. The molecule has 2 aliphatic heterocycles. The SMILES string of the molecule is CC[C@H](C)[C@@H]([C@@H](CC(=O)N1CCC[C@H]1[C@H](OC)[C@@H](C)C(=O)N[C@H](C)[C@@H](O)c1ccccc1)OC)N(C)[C@H](C(=O)NC(=O)[C@H](C(C)C)N(C)C(=O)OCc1ccc(NC(=O)[C@H](CCC(N)C(N)=O)NC(=O)[C@@H](NC(=O)CCCCCN2C(=O)C=CC2=O)C(C)C)cc1)C(C)C. The Morgan fingerprint density at radius 3 is 1.90 bits per heavy atom. The van der Waals surface area contributed by atoms with Crippen LogP contribution in [-0.4, -0.2) is 192 Å². The first-order valence-corrected chi connectivity index (χ1v) is 32.8. The smallest absolute Gasteiger partial charge is 0.410 e. The van der Waals surface area contributed by atoms with Gasteiger partial charge in [-0.25, -0.2) is 4.79 Å². The minimum absolute atomic E-state index is 0.0546. The summed E-state index contributed by atoms with van der Waals surface area (Å²) >= 11 is 0. The highest BCUT2D eigenvalue weighted by Crippen LogP contribution is 2.31. The summed E-state index contributed by atoms with van der Waals surface area (Å²) in [6.07, 6.45) is 2.49. The Kier molecular flexibility index (Phi) is 31.9. The van der Waals surface area contributed by atoms with Crippen LogP contribution in [0.5, 0.6) is 0 Å². The third-order valence-electron chi connectivity index (χ3n) is 17.9. The van der Waals surface area contributed by atoms with Gasteiger partial charge in [-0.2, -0.15) is 0 Å². The number of amides is 11. The first-order chi connectivity index (χ1) is 44.4. The number of hydrogen-bond acceptors (Lipinski definition) is 17. The summed E-state index contributed by atoms with van der Waals surface area (Å²) in [4.78, 5) is 153. The second-order valence-corrected chi connectivity index (χ2v) is 25.9. The van der Waals surface area contributed by atoms with Gasteiger partial charge in [0.1, 0.15) is 24.7 Å². The molecule has 1 saturated heterocycles. The third-order valence-corrected chi connectivity index (χ3v) is 17.9. The second-order valence-electron chi connectivity index (χ2n) is 25.9. The fourth-order valence-electron chi connectivity index (χ4n) is 12.4. The highest BCUT2D eigenvalue weighted by Gasteiger charge is 2.44. The molecule has 0 saturated carbocycles. The van der Waals surface area contributed by atoms with Crippen molar-refractivity contribution in [2.45, 2.75) is 207 Å². The summed E-state index contributed by atoms with van der Waals surface area (Å²) in [5.41, 5.74) is 12.8. The molecule has 2 aromatic carbocycles. The zero-order chi connectivity index (χ0) is 70.3. The molecule has 4 rings (SSSR count). The number of hydrogen-bond donors (Lipinski definition) is 8. The quantitative estimate of drug-likeness (QED) is 0.0345. The van der Waals surface area contributed by atoms with Crippen molar-refractivity contribution in [2.75, 3.05) is 46.7 Å². The van der Waals surface area contributed by atoms with Gasteiger partial charge in [-0.15, -0.1) is 0 Å². The largest absolute Gasteiger partial charge is 0.445 e. The van der Waals surface area contributed by atoms with Crippen molar-refractivity contribution in [1.82, 2.24) is 40.9 Å². The molecule has 1 unspecified atom stereocenters. The van der Waals surface area contributed by atoms with Gasteiger partial charge in [0.05, 0.1) is 54.8 Å². The number of aliphatic hydroxyl groups excluding tert-OH is 1. The maximum atomic E-state index is 14.5. The van der Waals surface area contributed by atoms with Crippen LogP contribution in [0.3, 0.4) is 0 Å². The summed E-state index contributed by atoms with van der Waals surface area (Å²) in [5.74, 6) is -7.24. The molecule has 0 bridgehead atoms. The number of ether oxygens (including phenoxy) is 3. The molecule has 10 N–H and O–H groups in total. The Morgan fingerprint density at radius 1 is 0.723 bits per heavy atom. The van der Waals surface area contributed by atoms with Crippen LogP contribution in [0.4, 0.5) is 10.5 Å². The number of anilines is 1. The van der Waals surface area contributed by atoms with E-state index < -0.39 is 126 Å². The van der Waals surface area contributed by atoms with Gasteiger partial charge >= 0.3 is 6.09 Å². The van der Waals surface area contributed by atoms with Crippen LogP contribution in [0.1, 0.15) is 151 Å². The van der Waals surface area contributed by atoms with E-state index in [0.29, 0.717) is 61.9 Å². The molecule has 2 heterocycles. The monoisotopic (exact) mass is 1320 g/mol. The van der Waals surface area contributed by atoms with E-state index in [4.69, 9.17) is 25.7 Å². The Bertz CT molecular complexity index is 2890. The molecule has 26 heteroatoms. The number of benzene rings is 2. The molecule has 26 nitrogen and oxygen atoms in total. The average Bonchev–Trinajstić information content (AvgIpc) is 1.35. The molecule has 522 valence electrons. The summed E-state index contributed by atoms with van der Waals surface area (Å²) in [6, 6.07) is 8.31. The molecule has 2 aromatic rings. The predicted octanol–water partition coefficient (Wildman–Crippen LogP) is 4.22. The van der Waals surface area contributed by atoms with Crippen LogP contribution in [-0.2, 0) is 68.8 Å². The lowest BCUT2D eigenvalue weighted by Gasteiger charge is -2.43. The standard InChI is InChI=1S/C68H105N11O15/c1-15-42(8)59(51(92-13)37-55(83)78-36-22-25-50(78)61(93-14)43(9)63(86)71-44(10)60(84)46-23-18-16-19-24-46)76(11)57(40(4)5)66(89)75-67(90)58(41(6)7)77(12)68(91)94-38-45-27-29-47(30-28-45)72-64(87)49(32-31-48(69)62(70)85)73-65(88)56(39(2)3)74-52(80)26-20-17-21-35-79-53(81)33-34-54(79)82/h16,18-19,23-24,27-30,33-34,39-44,48-51,56-61,84H,15,17,20-22,25-26,31-32,35-38,69H2,1-14H3,(H2,70,85)(H,71,86)(H,72,87)(H,73,88)(H,74,80)(H,75,89,90)/t42-,43+,44+,48?,49-,50-,51+,56-,57-,58-,59-,60+,61+/m0/s1. The van der Waals surface area contributed by atoms with Crippen LogP contribution in [0.25, 0.3) is 0 Å². The number of imide groups is 2. The van der Waals surface area contributed by atoms with Gasteiger partial charge in [0, 0.05) is 64.7 Å². The predicted molar refractivity (Wildman–Crippen MR) is 353 cm³/mol. The van der Waals surface area contributed by atoms with Crippen LogP contribution < -0.4 is 38.1 Å². The number of nitrogens with two attached hydrogens (primary N) is 2. The fourth-order valence-corrected chi connectivity index (χ4v) is 12.4. The van der Waals surface area contributed by atoms with Crippen molar-refractivity contribution in [3.8, 4) is 0 Å². The average molecular weight is 1320 g/mol. The van der Waals surface area contributed by atoms with Gasteiger partial charge in [0.25, 0.3) is 11.8 Å². The van der Waals surface area contributed by atoms with E-state index in [2.05, 4.69) is 26.6 Å². The maximum Gasteiger partial charge on any atom is 0.410 e. The molecule has 11 amide bonds. The molecule has 0 radical (unpaired) electrons. The van der Waals surface area contributed by atoms with Crippen molar-refractivity contribution >= 4 is 70.9 Å². The van der Waals surface area contributed by atoms with Gasteiger partial charge in [0.2, 0.25) is 47.3 Å². The number of nitrogens with zero attached hydrogens (tertiary/aromatic N) is 4. The minimum atomic E-state index is -1.23. The second kappa shape index (κ2) is 38.0. The summed E-state index contributed by atoms with van der Waals surface area (Å²) in [6.45, 7) is 18.5. The molecule has 1 fully saturated rings. The van der Waals surface area contributed by atoms with Crippen molar-refractivity contribution in [3.63, 3.8) is 0 Å². The molecule has 0 aromatic heterocycles. The number of carbonyl (C=O) groups is 11. The van der Waals surface area contributed by atoms with Crippen molar-refractivity contribution in [2.24, 2.45) is 41.1 Å². The normalized spacial score (nSPS) is 17.9. The summed E-state index contributed by atoms with van der Waals surface area (Å²) < 4.78 is 17.8. The van der Waals surface area contributed by atoms with E-state index in [9.17, 15) is 57.8 Å². The van der Waals surface area contributed by atoms with E-state index in [1.807, 2.05) is 50.8 Å². The van der Waals surface area contributed by atoms with Gasteiger partial charge < -0.3 is 57.0 Å². The lowest BCUT2D eigenvalue weighted by Crippen LogP contribution is -2.60. The zero-order valence-corrected chi connectivity index (χ0v) is 57.4. The van der Waals surface area contributed by atoms with Gasteiger partial charge in [-0.05, 0) is 99.4 Å². The lowest BCUT2D eigenvalue weighted by molar-refractivity contribution is -0.145. The van der Waals surface area contributed by atoms with Crippen LogP contribution in [0.2, 0.25) is 0 Å². The topological polar surface area (TPSA) is 361 Å². The Labute approximate surface area is 554 Å². The zero-order valence-electron chi connectivity index (χ0n) is 57.4. The lowest BCUT2D eigenvalue weighted by atomic mass is 9.87. The van der Waals surface area contributed by atoms with E-state index >= 15 is 0 Å². The molecule has 0 spiro atoms. The van der Waals surface area contributed by atoms with Gasteiger partial charge in [0.15, 0.2) is 0 Å². The minimum Gasteiger partial charge on any atom is -0.445 e. The first kappa shape index (κ1) is 78.8. The van der Waals surface area contributed by atoms with E-state index in [0.717, 1.165) is 9.80 Å². The molecular formula is C68H105N11O15. The van der Waals surface area contributed by atoms with Crippen molar-refractivity contribution < 1.29 is 72.1 Å². The van der Waals surface area contributed by atoms with E-state index in [1.54, 1.807) is 89.9 Å². The Hall–Kier alpha value is -7.65. The van der Waals surface area contributed by atoms with Crippen molar-refractivity contribution in [3.05, 3.63) is 77.9 Å². The number of likely N-dealkylation sites (tertiary alicyclic amines) is 1.